The molecule has 0 atom stereocenters. The van der Waals surface area contributed by atoms with Gasteiger partial charge in [0.25, 0.3) is 0 Å². The van der Waals surface area contributed by atoms with Gasteiger partial charge in [0.1, 0.15) is 5.75 Å². The van der Waals surface area contributed by atoms with Crippen LogP contribution in [0, 0.1) is 0 Å². The number of phenols is 1. The Morgan fingerprint density at radius 2 is 2.29 bits per heavy atom. The van der Waals surface area contributed by atoms with Crippen molar-refractivity contribution in [1.29, 1.82) is 0 Å². The third-order valence-corrected chi connectivity index (χ3v) is 3.64. The second kappa shape index (κ2) is 3.79. The van der Waals surface area contributed by atoms with Gasteiger partial charge in [-0.15, -0.1) is 22.9 Å². The van der Waals surface area contributed by atoms with Crippen LogP contribution in [0.5, 0.6) is 5.75 Å². The van der Waals surface area contributed by atoms with Crippen LogP contribution in [0.25, 0.3) is 10.1 Å². The van der Waals surface area contributed by atoms with Gasteiger partial charge in [-0.3, -0.25) is 0 Å². The lowest BCUT2D eigenvalue weighted by molar-refractivity contribution is 0.475. The third kappa shape index (κ3) is 1.39. The monoisotopic (exact) mass is 226 g/mol. The first-order valence-corrected chi connectivity index (χ1v) is 5.96. The van der Waals surface area contributed by atoms with Gasteiger partial charge in [0.2, 0.25) is 0 Å². The molecule has 0 aliphatic carbocycles. The van der Waals surface area contributed by atoms with E-state index in [0.717, 1.165) is 27.6 Å². The first-order valence-electron chi connectivity index (χ1n) is 4.54. The van der Waals surface area contributed by atoms with E-state index in [9.17, 15) is 5.11 Å². The van der Waals surface area contributed by atoms with Crippen LogP contribution in [0.1, 0.15) is 18.1 Å². The Labute approximate surface area is 91.9 Å². The Balaban J connectivity index is 2.79. The van der Waals surface area contributed by atoms with E-state index in [-0.39, 0.29) is 0 Å². The minimum absolute atomic E-state index is 0.413. The van der Waals surface area contributed by atoms with Gasteiger partial charge in [-0.25, -0.2) is 0 Å². The van der Waals surface area contributed by atoms with Crippen LogP contribution < -0.4 is 0 Å². The molecule has 0 saturated heterocycles. The molecule has 0 saturated carbocycles. The number of rotatable bonds is 2. The van der Waals surface area contributed by atoms with E-state index in [1.807, 2.05) is 18.4 Å². The molecule has 0 aliphatic heterocycles. The fourth-order valence-electron chi connectivity index (χ4n) is 1.70. The summed E-state index contributed by atoms with van der Waals surface area (Å²) in [6.07, 6.45) is 0.821. The van der Waals surface area contributed by atoms with Crippen LogP contribution in [0.2, 0.25) is 0 Å². The highest BCUT2D eigenvalue weighted by Gasteiger charge is 2.11. The van der Waals surface area contributed by atoms with Crippen LogP contribution in [-0.2, 0) is 12.3 Å². The van der Waals surface area contributed by atoms with Crippen LogP contribution in [0.15, 0.2) is 17.5 Å². The molecule has 0 bridgehead atoms. The Morgan fingerprint density at radius 1 is 1.50 bits per heavy atom. The molecule has 1 N–H and O–H groups in total. The molecule has 0 amide bonds. The molecule has 3 heteroatoms. The van der Waals surface area contributed by atoms with Gasteiger partial charge in [0, 0.05) is 5.88 Å². The summed E-state index contributed by atoms with van der Waals surface area (Å²) >= 11 is 7.41. The molecule has 1 nitrogen and oxygen atoms in total. The quantitative estimate of drug-likeness (QED) is 0.770. The van der Waals surface area contributed by atoms with Crippen LogP contribution in [0.4, 0.5) is 0 Å². The summed E-state index contributed by atoms with van der Waals surface area (Å²) in [5.74, 6) is 0.873. The van der Waals surface area contributed by atoms with Crippen molar-refractivity contribution in [3.05, 3.63) is 28.6 Å². The Hall–Kier alpha value is -0.730. The highest BCUT2D eigenvalue weighted by Crippen LogP contribution is 2.36. The van der Waals surface area contributed by atoms with Crippen molar-refractivity contribution in [2.24, 2.45) is 0 Å². The first-order chi connectivity index (χ1) is 6.77. The van der Waals surface area contributed by atoms with Crippen molar-refractivity contribution in [3.63, 3.8) is 0 Å². The highest BCUT2D eigenvalue weighted by molar-refractivity contribution is 7.17. The SMILES string of the molecule is CCc1c(CCl)cc2ccsc2c1O. The number of aromatic hydroxyl groups is 1. The van der Waals surface area contributed by atoms with Gasteiger partial charge < -0.3 is 5.11 Å². The Morgan fingerprint density at radius 3 is 2.93 bits per heavy atom. The number of hydrogen-bond donors (Lipinski definition) is 1. The standard InChI is InChI=1S/C11H11ClOS/c1-2-9-8(6-12)5-7-3-4-14-11(7)10(9)13/h3-5,13H,2,6H2,1H3. The second-order valence-electron chi connectivity index (χ2n) is 3.19. The van der Waals surface area contributed by atoms with E-state index in [1.165, 1.54) is 0 Å². The third-order valence-electron chi connectivity index (χ3n) is 2.41. The summed E-state index contributed by atoms with van der Waals surface area (Å²) in [6.45, 7) is 2.03. The molecule has 0 fully saturated rings. The molecule has 0 unspecified atom stereocenters. The zero-order chi connectivity index (χ0) is 10.1. The molecule has 2 aromatic rings. The van der Waals surface area contributed by atoms with E-state index < -0.39 is 0 Å². The number of benzene rings is 1. The number of thiophene rings is 1. The number of phenolic OH excluding ortho intramolecular Hbond substituents is 1. The van der Waals surface area contributed by atoms with Crippen molar-refractivity contribution >= 4 is 33.0 Å². The van der Waals surface area contributed by atoms with Crippen molar-refractivity contribution in [2.45, 2.75) is 19.2 Å². The summed E-state index contributed by atoms with van der Waals surface area (Å²) < 4.78 is 0.968. The fourth-order valence-corrected chi connectivity index (χ4v) is 2.79. The van der Waals surface area contributed by atoms with Gasteiger partial charge in [-0.05, 0) is 40.4 Å². The lowest BCUT2D eigenvalue weighted by atomic mass is 10.0. The average molecular weight is 227 g/mol. The number of hydrogen-bond acceptors (Lipinski definition) is 2. The van der Waals surface area contributed by atoms with Crippen LogP contribution in [-0.4, -0.2) is 5.11 Å². The zero-order valence-corrected chi connectivity index (χ0v) is 9.45. The smallest absolute Gasteiger partial charge is 0.136 e. The zero-order valence-electron chi connectivity index (χ0n) is 7.88. The lowest BCUT2D eigenvalue weighted by Gasteiger charge is -2.08. The van der Waals surface area contributed by atoms with Gasteiger partial charge in [-0.2, -0.15) is 0 Å². The maximum Gasteiger partial charge on any atom is 0.136 e. The summed E-state index contributed by atoms with van der Waals surface area (Å²) in [5.41, 5.74) is 2.02. The minimum Gasteiger partial charge on any atom is -0.506 e. The maximum absolute atomic E-state index is 10.0. The predicted octanol–water partition coefficient (Wildman–Crippen LogP) is 3.91. The molecule has 1 aromatic carbocycles. The van der Waals surface area contributed by atoms with Crippen molar-refractivity contribution in [3.8, 4) is 5.75 Å². The van der Waals surface area contributed by atoms with Gasteiger partial charge >= 0.3 is 0 Å². The fraction of sp³-hybridized carbons (Fsp3) is 0.273. The van der Waals surface area contributed by atoms with E-state index in [0.29, 0.717) is 11.6 Å². The lowest BCUT2D eigenvalue weighted by Crippen LogP contribution is -1.90. The number of alkyl halides is 1. The van der Waals surface area contributed by atoms with Crippen LogP contribution >= 0.6 is 22.9 Å². The van der Waals surface area contributed by atoms with E-state index in [2.05, 4.69) is 6.07 Å². The molecule has 2 rings (SSSR count). The largest absolute Gasteiger partial charge is 0.506 e. The maximum atomic E-state index is 10.0. The second-order valence-corrected chi connectivity index (χ2v) is 4.37. The van der Waals surface area contributed by atoms with Gasteiger partial charge in [-0.1, -0.05) is 6.92 Å². The Bertz CT molecular complexity index is 462. The highest BCUT2D eigenvalue weighted by atomic mass is 35.5. The molecular formula is C11H11ClOS. The van der Waals surface area contributed by atoms with E-state index in [1.54, 1.807) is 11.3 Å². The molecule has 1 aromatic heterocycles. The van der Waals surface area contributed by atoms with E-state index in [4.69, 9.17) is 11.6 Å². The number of halogens is 1. The average Bonchev–Trinajstić information content (AvgIpc) is 2.65. The first kappa shape index (κ1) is 9.81. The molecule has 0 radical (unpaired) electrons. The van der Waals surface area contributed by atoms with Crippen molar-refractivity contribution < 1.29 is 5.11 Å². The van der Waals surface area contributed by atoms with Crippen molar-refractivity contribution in [1.82, 2.24) is 0 Å². The van der Waals surface area contributed by atoms with Gasteiger partial charge in [0.15, 0.2) is 0 Å². The molecule has 0 aliphatic rings. The summed E-state index contributed by atoms with van der Waals surface area (Å²) in [7, 11) is 0. The molecule has 74 valence electrons. The molecule has 0 spiro atoms. The molecule has 14 heavy (non-hydrogen) atoms. The summed E-state index contributed by atoms with van der Waals surface area (Å²) in [5, 5.41) is 13.1. The van der Waals surface area contributed by atoms with Gasteiger partial charge in [0.05, 0.1) is 4.70 Å². The van der Waals surface area contributed by atoms with Crippen molar-refractivity contribution in [2.75, 3.05) is 0 Å². The molecule has 1 heterocycles. The number of fused-ring (bicyclic) bond motifs is 1. The van der Waals surface area contributed by atoms with Crippen LogP contribution in [0.3, 0.4) is 0 Å². The van der Waals surface area contributed by atoms with E-state index >= 15 is 0 Å². The topological polar surface area (TPSA) is 20.2 Å². The Kier molecular flexibility index (Phi) is 2.66. The predicted molar refractivity (Wildman–Crippen MR) is 62.4 cm³/mol. The minimum atomic E-state index is 0.413. The summed E-state index contributed by atoms with van der Waals surface area (Å²) in [4.78, 5) is 0. The molecular weight excluding hydrogens is 216 g/mol. The summed E-state index contributed by atoms with van der Waals surface area (Å²) in [6, 6.07) is 4.08. The normalized spacial score (nSPS) is 11.0.